The van der Waals surface area contributed by atoms with Gasteiger partial charge in [0.2, 0.25) is 0 Å². The van der Waals surface area contributed by atoms with Crippen LogP contribution in [0, 0.1) is 5.82 Å². The van der Waals surface area contributed by atoms with E-state index in [1.54, 1.807) is 30.3 Å². The first-order valence-corrected chi connectivity index (χ1v) is 7.70. The number of hydrogen-bond donors (Lipinski definition) is 2. The van der Waals surface area contributed by atoms with Gasteiger partial charge >= 0.3 is 12.0 Å². The van der Waals surface area contributed by atoms with Gasteiger partial charge in [0.1, 0.15) is 11.9 Å². The molecule has 0 bridgehead atoms. The third-order valence-corrected chi connectivity index (χ3v) is 4.19. The highest BCUT2D eigenvalue weighted by Gasteiger charge is 2.37. The van der Waals surface area contributed by atoms with Gasteiger partial charge in [0.25, 0.3) is 0 Å². The number of hydrogen-bond acceptors (Lipinski definition) is 2. The van der Waals surface area contributed by atoms with E-state index in [0.29, 0.717) is 34.8 Å². The van der Waals surface area contributed by atoms with Crippen molar-refractivity contribution in [3.63, 3.8) is 0 Å². The second-order valence-corrected chi connectivity index (χ2v) is 5.87. The van der Waals surface area contributed by atoms with Gasteiger partial charge in [0, 0.05) is 22.7 Å². The van der Waals surface area contributed by atoms with Crippen LogP contribution >= 0.6 is 11.6 Å². The quantitative estimate of drug-likeness (QED) is 0.885. The van der Waals surface area contributed by atoms with Crippen molar-refractivity contribution in [3.8, 4) is 11.1 Å². The maximum Gasteiger partial charge on any atom is 0.326 e. The third kappa shape index (κ3) is 3.05. The number of urea groups is 1. The fourth-order valence-electron chi connectivity index (χ4n) is 2.61. The summed E-state index contributed by atoms with van der Waals surface area (Å²) in [5.74, 6) is -1.47. The van der Waals surface area contributed by atoms with Crippen molar-refractivity contribution in [1.29, 1.82) is 0 Å². The second-order valence-electron chi connectivity index (χ2n) is 5.44. The summed E-state index contributed by atoms with van der Waals surface area (Å²) < 4.78 is 14.1. The molecule has 7 heteroatoms. The Morgan fingerprint density at radius 3 is 2.58 bits per heavy atom. The van der Waals surface area contributed by atoms with E-state index < -0.39 is 23.9 Å². The first-order valence-electron chi connectivity index (χ1n) is 7.32. The van der Waals surface area contributed by atoms with E-state index >= 15 is 0 Å². The monoisotopic (exact) mass is 348 g/mol. The molecule has 0 spiro atoms. The highest BCUT2D eigenvalue weighted by Crippen LogP contribution is 2.33. The Hall–Kier alpha value is -2.60. The van der Waals surface area contributed by atoms with Gasteiger partial charge in [-0.1, -0.05) is 35.9 Å². The number of likely N-dealkylation sites (tertiary alicyclic amines) is 1. The number of benzene rings is 2. The minimum atomic E-state index is -1.04. The van der Waals surface area contributed by atoms with Crippen molar-refractivity contribution in [2.24, 2.45) is 0 Å². The molecule has 1 saturated heterocycles. The zero-order valence-corrected chi connectivity index (χ0v) is 13.3. The molecule has 24 heavy (non-hydrogen) atoms. The Labute approximate surface area is 142 Å². The zero-order chi connectivity index (χ0) is 17.3. The van der Waals surface area contributed by atoms with Gasteiger partial charge in [0.15, 0.2) is 0 Å². The van der Waals surface area contributed by atoms with Gasteiger partial charge in [-0.2, -0.15) is 0 Å². The molecular formula is C17H14ClFN2O3. The fraction of sp³-hybridized carbons (Fsp3) is 0.176. The lowest BCUT2D eigenvalue weighted by Gasteiger charge is -2.37. The van der Waals surface area contributed by atoms with E-state index in [1.807, 2.05) is 0 Å². The van der Waals surface area contributed by atoms with E-state index in [0.717, 1.165) is 0 Å². The Balaban J connectivity index is 1.91. The van der Waals surface area contributed by atoms with Crippen molar-refractivity contribution < 1.29 is 19.1 Å². The maximum atomic E-state index is 14.1. The zero-order valence-electron chi connectivity index (χ0n) is 12.5. The number of anilines is 1. The number of aliphatic carboxylic acids is 1. The smallest absolute Gasteiger partial charge is 0.326 e. The maximum absolute atomic E-state index is 14.1. The highest BCUT2D eigenvalue weighted by molar-refractivity contribution is 6.31. The Bertz CT molecular complexity index is 812. The van der Waals surface area contributed by atoms with E-state index in [9.17, 15) is 14.0 Å². The predicted octanol–water partition coefficient (Wildman–Crippen LogP) is 3.84. The summed E-state index contributed by atoms with van der Waals surface area (Å²) in [6.45, 7) is 0.360. The average molecular weight is 349 g/mol. The Morgan fingerprint density at radius 2 is 1.96 bits per heavy atom. The predicted molar refractivity (Wildman–Crippen MR) is 88.6 cm³/mol. The van der Waals surface area contributed by atoms with Gasteiger partial charge in [-0.3, -0.25) is 0 Å². The summed E-state index contributed by atoms with van der Waals surface area (Å²) in [4.78, 5) is 24.6. The molecule has 1 aliphatic heterocycles. The lowest BCUT2D eigenvalue weighted by molar-refractivity contribution is -0.145. The second kappa shape index (κ2) is 6.49. The summed E-state index contributed by atoms with van der Waals surface area (Å²) in [6, 6.07) is 9.53. The molecule has 1 heterocycles. The highest BCUT2D eigenvalue weighted by atomic mass is 35.5. The number of halogens is 2. The number of rotatable bonds is 3. The summed E-state index contributed by atoms with van der Waals surface area (Å²) in [5.41, 5.74) is 1.12. The number of amides is 2. The van der Waals surface area contributed by atoms with Crippen molar-refractivity contribution in [2.45, 2.75) is 12.5 Å². The molecule has 1 unspecified atom stereocenters. The molecule has 1 atom stereocenters. The number of carboxylic acids is 1. The molecule has 5 nitrogen and oxygen atoms in total. The number of carboxylic acid groups (broad SMARTS) is 1. The van der Waals surface area contributed by atoms with E-state index in [2.05, 4.69) is 5.32 Å². The molecule has 1 aliphatic rings. The van der Waals surface area contributed by atoms with Crippen LogP contribution < -0.4 is 5.32 Å². The van der Waals surface area contributed by atoms with Crippen molar-refractivity contribution in [1.82, 2.24) is 4.90 Å². The molecule has 2 aromatic rings. The lowest BCUT2D eigenvalue weighted by atomic mass is 10.0. The van der Waals surface area contributed by atoms with Gasteiger partial charge in [-0.25, -0.2) is 14.0 Å². The first-order chi connectivity index (χ1) is 11.5. The normalized spacial score (nSPS) is 16.4. The van der Waals surface area contributed by atoms with E-state index in [4.69, 9.17) is 16.7 Å². The van der Waals surface area contributed by atoms with Crippen molar-refractivity contribution in [2.75, 3.05) is 11.9 Å². The van der Waals surface area contributed by atoms with Crippen molar-refractivity contribution in [3.05, 3.63) is 53.3 Å². The van der Waals surface area contributed by atoms with Crippen LogP contribution in [0.3, 0.4) is 0 Å². The number of nitrogens with one attached hydrogen (secondary N) is 1. The molecule has 0 saturated carbocycles. The SMILES string of the molecule is O=C(O)C1CCN1C(=O)Nc1cc(Cl)ccc1-c1ccccc1F. The van der Waals surface area contributed by atoms with E-state index in [1.165, 1.54) is 17.0 Å². The third-order valence-electron chi connectivity index (χ3n) is 3.95. The van der Waals surface area contributed by atoms with Gasteiger partial charge in [0.05, 0.1) is 5.69 Å². The molecule has 0 aliphatic carbocycles. The average Bonchev–Trinajstić information content (AvgIpc) is 2.46. The molecule has 1 fully saturated rings. The van der Waals surface area contributed by atoms with Gasteiger partial charge in [-0.05, 0) is 24.6 Å². The molecule has 2 N–H and O–H groups in total. The summed E-state index contributed by atoms with van der Waals surface area (Å²) >= 11 is 5.98. The summed E-state index contributed by atoms with van der Waals surface area (Å²) in [6.07, 6.45) is 0.415. The molecule has 3 rings (SSSR count). The van der Waals surface area contributed by atoms with Crippen LogP contribution in [0.2, 0.25) is 5.02 Å². The number of carbonyl (C=O) groups excluding carboxylic acids is 1. The molecule has 2 aromatic carbocycles. The van der Waals surface area contributed by atoms with Crippen LogP contribution in [0.1, 0.15) is 6.42 Å². The standard InChI is InChI=1S/C17H14ClFN2O3/c18-10-5-6-12(11-3-1-2-4-13(11)19)14(9-10)20-17(24)21-8-7-15(21)16(22)23/h1-6,9,15H,7-8H2,(H,20,24)(H,22,23). The molecule has 2 amide bonds. The topological polar surface area (TPSA) is 69.6 Å². The van der Waals surface area contributed by atoms with Crippen LogP contribution in [-0.4, -0.2) is 34.6 Å². The molecule has 0 aromatic heterocycles. The Kier molecular flexibility index (Phi) is 4.40. The number of carbonyl (C=O) groups is 2. The lowest BCUT2D eigenvalue weighted by Crippen LogP contribution is -2.56. The van der Waals surface area contributed by atoms with Gasteiger partial charge < -0.3 is 15.3 Å². The van der Waals surface area contributed by atoms with E-state index in [-0.39, 0.29) is 0 Å². The molecule has 0 radical (unpaired) electrons. The number of nitrogens with zero attached hydrogens (tertiary/aromatic N) is 1. The van der Waals surface area contributed by atoms with Crippen molar-refractivity contribution >= 4 is 29.3 Å². The fourth-order valence-corrected chi connectivity index (χ4v) is 2.78. The van der Waals surface area contributed by atoms with Crippen LogP contribution in [-0.2, 0) is 4.79 Å². The first kappa shape index (κ1) is 16.3. The van der Waals surface area contributed by atoms with Crippen LogP contribution in [0.15, 0.2) is 42.5 Å². The minimum Gasteiger partial charge on any atom is -0.480 e. The summed E-state index contributed by atoms with van der Waals surface area (Å²) in [7, 11) is 0. The van der Waals surface area contributed by atoms with Crippen LogP contribution in [0.5, 0.6) is 0 Å². The van der Waals surface area contributed by atoms with Crippen LogP contribution in [0.25, 0.3) is 11.1 Å². The molecular weight excluding hydrogens is 335 g/mol. The summed E-state index contributed by atoms with van der Waals surface area (Å²) in [5, 5.41) is 12.1. The van der Waals surface area contributed by atoms with Gasteiger partial charge in [-0.15, -0.1) is 0 Å². The minimum absolute atomic E-state index is 0.322. The van der Waals surface area contributed by atoms with Crippen LogP contribution in [0.4, 0.5) is 14.9 Å². The molecule has 124 valence electrons. The Morgan fingerprint density at radius 1 is 1.21 bits per heavy atom. The largest absolute Gasteiger partial charge is 0.480 e.